The second-order valence-electron chi connectivity index (χ2n) is 6.54. The first-order valence-electron chi connectivity index (χ1n) is 9.05. The van der Waals surface area contributed by atoms with E-state index in [9.17, 15) is 4.79 Å². The van der Waals surface area contributed by atoms with Gasteiger partial charge in [0.25, 0.3) is 0 Å². The van der Waals surface area contributed by atoms with Crippen LogP contribution in [0.2, 0.25) is 5.02 Å². The standard InChI is InChI=1S/C21H21ClN2OS2/c22-17-7-3-1-5-15(17)19-9-10-24(11-12-26-19)21(25)14-27-20-13-23-18-8-4-2-6-16(18)20/h1-8,13,19,23H,9-12,14H2/t19-/m1/s1. The van der Waals surface area contributed by atoms with Crippen molar-refractivity contribution >= 4 is 51.9 Å². The molecule has 0 aliphatic carbocycles. The topological polar surface area (TPSA) is 36.1 Å². The number of nitrogens with one attached hydrogen (secondary N) is 1. The summed E-state index contributed by atoms with van der Waals surface area (Å²) in [6.07, 6.45) is 2.94. The number of hydrogen-bond donors (Lipinski definition) is 1. The summed E-state index contributed by atoms with van der Waals surface area (Å²) in [7, 11) is 0. The molecule has 6 heteroatoms. The van der Waals surface area contributed by atoms with Gasteiger partial charge in [-0.25, -0.2) is 0 Å². The van der Waals surface area contributed by atoms with Gasteiger partial charge in [-0.1, -0.05) is 48.0 Å². The highest BCUT2D eigenvalue weighted by atomic mass is 35.5. The average Bonchev–Trinajstić information content (AvgIpc) is 2.94. The Balaban J connectivity index is 1.36. The van der Waals surface area contributed by atoms with Crippen molar-refractivity contribution in [3.8, 4) is 0 Å². The maximum absolute atomic E-state index is 12.8. The Kier molecular flexibility index (Phi) is 6.01. The molecule has 4 rings (SSSR count). The van der Waals surface area contributed by atoms with Gasteiger partial charge in [0.05, 0.1) is 5.75 Å². The zero-order chi connectivity index (χ0) is 18.6. The number of benzene rings is 2. The third kappa shape index (κ3) is 4.31. The van der Waals surface area contributed by atoms with Gasteiger partial charge >= 0.3 is 0 Å². The fourth-order valence-electron chi connectivity index (χ4n) is 3.40. The summed E-state index contributed by atoms with van der Waals surface area (Å²) in [5.74, 6) is 1.63. The molecule has 0 radical (unpaired) electrons. The van der Waals surface area contributed by atoms with Crippen molar-refractivity contribution < 1.29 is 4.79 Å². The maximum Gasteiger partial charge on any atom is 0.232 e. The summed E-state index contributed by atoms with van der Waals surface area (Å²) in [4.78, 5) is 19.2. The van der Waals surface area contributed by atoms with E-state index in [-0.39, 0.29) is 5.91 Å². The Hall–Kier alpha value is -1.56. The molecular weight excluding hydrogens is 396 g/mol. The van der Waals surface area contributed by atoms with Gasteiger partial charge in [-0.05, 0) is 24.1 Å². The van der Waals surface area contributed by atoms with Crippen LogP contribution in [-0.4, -0.2) is 40.4 Å². The highest BCUT2D eigenvalue weighted by Gasteiger charge is 2.23. The van der Waals surface area contributed by atoms with Gasteiger partial charge in [0.15, 0.2) is 0 Å². The number of fused-ring (bicyclic) bond motifs is 1. The van der Waals surface area contributed by atoms with E-state index in [4.69, 9.17) is 11.6 Å². The van der Waals surface area contributed by atoms with Crippen molar-refractivity contribution in [1.82, 2.24) is 9.88 Å². The SMILES string of the molecule is O=C(CSc1c[nH]c2ccccc12)N1CCS[C@@H](c2ccccc2Cl)CC1. The maximum atomic E-state index is 12.8. The van der Waals surface area contributed by atoms with E-state index < -0.39 is 0 Å². The van der Waals surface area contributed by atoms with E-state index >= 15 is 0 Å². The van der Waals surface area contributed by atoms with Gasteiger partial charge in [0.1, 0.15) is 0 Å². The summed E-state index contributed by atoms with van der Waals surface area (Å²) >= 11 is 9.88. The van der Waals surface area contributed by atoms with Crippen LogP contribution in [-0.2, 0) is 4.79 Å². The highest BCUT2D eigenvalue weighted by molar-refractivity contribution is 8.00. The lowest BCUT2D eigenvalue weighted by Gasteiger charge is -2.20. The van der Waals surface area contributed by atoms with Crippen molar-refractivity contribution in [3.63, 3.8) is 0 Å². The minimum absolute atomic E-state index is 0.214. The summed E-state index contributed by atoms with van der Waals surface area (Å²) in [6.45, 7) is 1.59. The Labute approximate surface area is 172 Å². The monoisotopic (exact) mass is 416 g/mol. The molecule has 1 aliphatic heterocycles. The minimum atomic E-state index is 0.214. The Morgan fingerprint density at radius 2 is 2.00 bits per heavy atom. The minimum Gasteiger partial charge on any atom is -0.360 e. The number of halogens is 1. The summed E-state index contributed by atoms with van der Waals surface area (Å²) < 4.78 is 0. The average molecular weight is 417 g/mol. The van der Waals surface area contributed by atoms with Gasteiger partial charge in [0.2, 0.25) is 5.91 Å². The lowest BCUT2D eigenvalue weighted by Crippen LogP contribution is -2.34. The van der Waals surface area contributed by atoms with Crippen LogP contribution >= 0.6 is 35.1 Å². The smallest absolute Gasteiger partial charge is 0.232 e. The van der Waals surface area contributed by atoms with Crippen molar-refractivity contribution in [3.05, 3.63) is 65.3 Å². The number of para-hydroxylation sites is 1. The number of nitrogens with zero attached hydrogens (tertiary/aromatic N) is 1. The summed E-state index contributed by atoms with van der Waals surface area (Å²) in [5, 5.41) is 2.36. The predicted molar refractivity (Wildman–Crippen MR) is 117 cm³/mol. The molecule has 0 saturated carbocycles. The summed E-state index contributed by atoms with van der Waals surface area (Å²) in [6, 6.07) is 16.2. The number of carbonyl (C=O) groups is 1. The van der Waals surface area contributed by atoms with Gasteiger partial charge in [0, 0.05) is 51.1 Å². The molecular formula is C21H21ClN2OS2. The quantitative estimate of drug-likeness (QED) is 0.560. The molecule has 1 N–H and O–H groups in total. The number of amides is 1. The van der Waals surface area contributed by atoms with Crippen LogP contribution in [0.4, 0.5) is 0 Å². The molecule has 1 aromatic heterocycles. The number of H-pyrrole nitrogens is 1. The largest absolute Gasteiger partial charge is 0.360 e. The zero-order valence-corrected chi connectivity index (χ0v) is 17.2. The van der Waals surface area contributed by atoms with Crippen molar-refractivity contribution in [2.24, 2.45) is 0 Å². The van der Waals surface area contributed by atoms with Crippen molar-refractivity contribution in [2.45, 2.75) is 16.6 Å². The molecule has 1 saturated heterocycles. The number of aromatic amines is 1. The fourth-order valence-corrected chi connectivity index (χ4v) is 5.94. The first-order valence-corrected chi connectivity index (χ1v) is 11.5. The predicted octanol–water partition coefficient (Wildman–Crippen LogP) is 5.62. The number of hydrogen-bond acceptors (Lipinski definition) is 3. The molecule has 140 valence electrons. The number of carbonyl (C=O) groups excluding carboxylic acids is 1. The molecule has 1 aliphatic rings. The molecule has 0 unspecified atom stereocenters. The molecule has 1 atom stereocenters. The van der Waals surface area contributed by atoms with Crippen LogP contribution in [0.5, 0.6) is 0 Å². The molecule has 3 aromatic rings. The molecule has 3 nitrogen and oxygen atoms in total. The van der Waals surface area contributed by atoms with Crippen LogP contribution in [0.15, 0.2) is 59.6 Å². The van der Waals surface area contributed by atoms with E-state index in [0.717, 1.165) is 40.7 Å². The third-order valence-corrected chi connectivity index (χ3v) is 7.54. The van der Waals surface area contributed by atoms with Gasteiger partial charge in [-0.3, -0.25) is 4.79 Å². The van der Waals surface area contributed by atoms with Gasteiger partial charge in [-0.15, -0.1) is 11.8 Å². The van der Waals surface area contributed by atoms with Crippen LogP contribution in [0.25, 0.3) is 10.9 Å². The highest BCUT2D eigenvalue weighted by Crippen LogP contribution is 2.38. The fraction of sp³-hybridized carbons (Fsp3) is 0.286. The Morgan fingerprint density at radius 1 is 1.19 bits per heavy atom. The molecule has 2 heterocycles. The summed E-state index contributed by atoms with van der Waals surface area (Å²) in [5.41, 5.74) is 2.30. The van der Waals surface area contributed by atoms with Crippen molar-refractivity contribution in [1.29, 1.82) is 0 Å². The normalized spacial score (nSPS) is 17.8. The van der Waals surface area contributed by atoms with Crippen LogP contribution in [0.1, 0.15) is 17.2 Å². The molecule has 2 aromatic carbocycles. The second kappa shape index (κ2) is 8.63. The van der Waals surface area contributed by atoms with E-state index in [1.807, 2.05) is 53.2 Å². The van der Waals surface area contributed by atoms with Gasteiger partial charge < -0.3 is 9.88 Å². The molecule has 1 amide bonds. The van der Waals surface area contributed by atoms with Crippen LogP contribution in [0, 0.1) is 0 Å². The molecule has 0 spiro atoms. The van der Waals surface area contributed by atoms with Crippen LogP contribution in [0.3, 0.4) is 0 Å². The van der Waals surface area contributed by atoms with E-state index in [0.29, 0.717) is 11.0 Å². The Bertz CT molecular complexity index is 943. The third-order valence-electron chi connectivity index (χ3n) is 4.85. The van der Waals surface area contributed by atoms with Crippen molar-refractivity contribution in [2.75, 3.05) is 24.6 Å². The van der Waals surface area contributed by atoms with E-state index in [1.54, 1.807) is 11.8 Å². The lowest BCUT2D eigenvalue weighted by atomic mass is 10.1. The first kappa shape index (κ1) is 18.8. The number of thioether (sulfide) groups is 2. The number of rotatable bonds is 4. The molecule has 0 bridgehead atoms. The molecule has 1 fully saturated rings. The number of aromatic nitrogens is 1. The Morgan fingerprint density at radius 3 is 2.89 bits per heavy atom. The lowest BCUT2D eigenvalue weighted by molar-refractivity contribution is -0.128. The second-order valence-corrected chi connectivity index (χ2v) is 9.27. The van der Waals surface area contributed by atoms with Gasteiger partial charge in [-0.2, -0.15) is 11.8 Å². The van der Waals surface area contributed by atoms with Crippen LogP contribution < -0.4 is 0 Å². The van der Waals surface area contributed by atoms with E-state index in [1.165, 1.54) is 10.9 Å². The van der Waals surface area contributed by atoms with E-state index in [2.05, 4.69) is 23.2 Å². The zero-order valence-electron chi connectivity index (χ0n) is 14.9. The first-order chi connectivity index (χ1) is 13.2. The molecule has 27 heavy (non-hydrogen) atoms.